The van der Waals surface area contributed by atoms with Crippen molar-refractivity contribution in [3.63, 3.8) is 0 Å². The van der Waals surface area contributed by atoms with Crippen molar-refractivity contribution >= 4 is 11.7 Å². The topological polar surface area (TPSA) is 63.3 Å². The summed E-state index contributed by atoms with van der Waals surface area (Å²) in [4.78, 5) is 11.1. The van der Waals surface area contributed by atoms with Gasteiger partial charge in [0.2, 0.25) is 0 Å². The van der Waals surface area contributed by atoms with Gasteiger partial charge in [-0.25, -0.2) is 0 Å². The number of nitrogen functional groups attached to an aromatic ring is 1. The number of aryl methyl sites for hydroxylation is 1. The molecule has 1 aromatic carbocycles. The molecule has 0 radical (unpaired) electrons. The van der Waals surface area contributed by atoms with Crippen molar-refractivity contribution in [3.05, 3.63) is 29.3 Å². The number of hydrogen-bond acceptors (Lipinski definition) is 2. The normalized spacial score (nSPS) is 12.8. The van der Waals surface area contributed by atoms with Gasteiger partial charge in [-0.15, -0.1) is 0 Å². The van der Waals surface area contributed by atoms with E-state index in [1.807, 2.05) is 32.9 Å². The van der Waals surface area contributed by atoms with E-state index in [1.165, 1.54) is 0 Å². The molecule has 0 aliphatic rings. The second-order valence-electron chi connectivity index (χ2n) is 4.19. The van der Waals surface area contributed by atoms with Crippen LogP contribution in [0.25, 0.3) is 0 Å². The number of nitrogens with two attached hydrogens (primary N) is 1. The van der Waals surface area contributed by atoms with E-state index < -0.39 is 11.9 Å². The van der Waals surface area contributed by atoms with Gasteiger partial charge in [-0.2, -0.15) is 0 Å². The fourth-order valence-electron chi connectivity index (χ4n) is 1.74. The lowest BCUT2D eigenvalue weighted by Crippen LogP contribution is -2.19. The molecule has 3 nitrogen and oxygen atoms in total. The molecule has 0 saturated heterocycles. The average Bonchev–Trinajstić information content (AvgIpc) is 2.10. The summed E-state index contributed by atoms with van der Waals surface area (Å²) in [6.45, 7) is 5.71. The molecule has 0 aromatic heterocycles. The Morgan fingerprint density at radius 2 is 2.00 bits per heavy atom. The number of carbonyl (C=O) groups is 1. The van der Waals surface area contributed by atoms with Crippen LogP contribution in [-0.4, -0.2) is 11.1 Å². The second-order valence-corrected chi connectivity index (χ2v) is 4.19. The smallest absolute Gasteiger partial charge is 0.311 e. The molecule has 0 saturated carbocycles. The number of anilines is 1. The summed E-state index contributed by atoms with van der Waals surface area (Å²) < 4.78 is 0. The quantitative estimate of drug-likeness (QED) is 0.748. The lowest BCUT2D eigenvalue weighted by atomic mass is 9.87. The molecule has 0 spiro atoms. The third-order valence-corrected chi connectivity index (χ3v) is 2.51. The molecule has 0 heterocycles. The minimum absolute atomic E-state index is 0.0339. The number of aliphatic carboxylic acids is 1. The average molecular weight is 207 g/mol. The highest BCUT2D eigenvalue weighted by Gasteiger charge is 2.25. The first-order valence-corrected chi connectivity index (χ1v) is 5.02. The SMILES string of the molecule is Cc1ccc(N)c(C(C(=O)O)C(C)C)c1. The van der Waals surface area contributed by atoms with Crippen LogP contribution < -0.4 is 5.73 Å². The van der Waals surface area contributed by atoms with E-state index in [2.05, 4.69) is 0 Å². The zero-order valence-corrected chi connectivity index (χ0v) is 9.32. The van der Waals surface area contributed by atoms with Crippen molar-refractivity contribution in [1.82, 2.24) is 0 Å². The number of carboxylic acid groups (broad SMARTS) is 1. The third kappa shape index (κ3) is 2.49. The van der Waals surface area contributed by atoms with Crippen molar-refractivity contribution < 1.29 is 9.90 Å². The van der Waals surface area contributed by atoms with Crippen LogP contribution in [0.4, 0.5) is 5.69 Å². The molecule has 0 aliphatic carbocycles. The van der Waals surface area contributed by atoms with Gasteiger partial charge in [-0.3, -0.25) is 4.79 Å². The minimum Gasteiger partial charge on any atom is -0.481 e. The fraction of sp³-hybridized carbons (Fsp3) is 0.417. The molecule has 82 valence electrons. The molecule has 0 amide bonds. The van der Waals surface area contributed by atoms with Gasteiger partial charge in [0.05, 0.1) is 5.92 Å². The van der Waals surface area contributed by atoms with Gasteiger partial charge >= 0.3 is 5.97 Å². The predicted molar refractivity (Wildman–Crippen MR) is 60.8 cm³/mol. The Morgan fingerprint density at radius 3 is 2.47 bits per heavy atom. The highest BCUT2D eigenvalue weighted by atomic mass is 16.4. The van der Waals surface area contributed by atoms with Gasteiger partial charge in [0.15, 0.2) is 0 Å². The van der Waals surface area contributed by atoms with Gasteiger partial charge < -0.3 is 10.8 Å². The van der Waals surface area contributed by atoms with Crippen LogP contribution in [-0.2, 0) is 4.79 Å². The first kappa shape index (κ1) is 11.6. The van der Waals surface area contributed by atoms with Crippen molar-refractivity contribution in [2.24, 2.45) is 5.92 Å². The Balaban J connectivity index is 3.22. The summed E-state index contributed by atoms with van der Waals surface area (Å²) in [5.74, 6) is -1.31. The summed E-state index contributed by atoms with van der Waals surface area (Å²) in [5, 5.41) is 9.16. The molecular formula is C12H17NO2. The van der Waals surface area contributed by atoms with Crippen LogP contribution >= 0.6 is 0 Å². The molecule has 0 fully saturated rings. The van der Waals surface area contributed by atoms with Crippen LogP contribution in [0.2, 0.25) is 0 Å². The van der Waals surface area contributed by atoms with Crippen LogP contribution in [0, 0.1) is 12.8 Å². The molecule has 3 heteroatoms. The number of hydrogen-bond donors (Lipinski definition) is 2. The number of benzene rings is 1. The predicted octanol–water partition coefficient (Wildman–Crippen LogP) is 2.40. The summed E-state index contributed by atoms with van der Waals surface area (Å²) in [6.07, 6.45) is 0. The van der Waals surface area contributed by atoms with Gasteiger partial charge in [0.25, 0.3) is 0 Å². The van der Waals surface area contributed by atoms with Gasteiger partial charge in [-0.05, 0) is 24.5 Å². The Kier molecular flexibility index (Phi) is 3.35. The van der Waals surface area contributed by atoms with E-state index in [9.17, 15) is 4.79 Å². The standard InChI is InChI=1S/C12H17NO2/c1-7(2)11(12(14)15)9-6-8(3)4-5-10(9)13/h4-7,11H,13H2,1-3H3,(H,14,15). The van der Waals surface area contributed by atoms with Crippen LogP contribution in [0.15, 0.2) is 18.2 Å². The summed E-state index contributed by atoms with van der Waals surface area (Å²) in [6, 6.07) is 5.51. The second kappa shape index (κ2) is 4.34. The van der Waals surface area contributed by atoms with Crippen LogP contribution in [0.1, 0.15) is 30.9 Å². The van der Waals surface area contributed by atoms with Gasteiger partial charge in [-0.1, -0.05) is 31.5 Å². The van der Waals surface area contributed by atoms with E-state index in [-0.39, 0.29) is 5.92 Å². The molecule has 0 aliphatic heterocycles. The zero-order valence-electron chi connectivity index (χ0n) is 9.32. The Hall–Kier alpha value is -1.51. The van der Waals surface area contributed by atoms with E-state index in [0.29, 0.717) is 5.69 Å². The van der Waals surface area contributed by atoms with Gasteiger partial charge in [0.1, 0.15) is 0 Å². The minimum atomic E-state index is -0.817. The first-order chi connectivity index (χ1) is 6.93. The van der Waals surface area contributed by atoms with Crippen LogP contribution in [0.5, 0.6) is 0 Å². The van der Waals surface area contributed by atoms with Crippen LogP contribution in [0.3, 0.4) is 0 Å². The highest BCUT2D eigenvalue weighted by Crippen LogP contribution is 2.29. The molecule has 1 unspecified atom stereocenters. The number of carboxylic acids is 1. The monoisotopic (exact) mass is 207 g/mol. The highest BCUT2D eigenvalue weighted by molar-refractivity contribution is 5.79. The summed E-state index contributed by atoms with van der Waals surface area (Å²) >= 11 is 0. The Bertz CT molecular complexity index is 372. The molecule has 1 atom stereocenters. The van der Waals surface area contributed by atoms with E-state index in [0.717, 1.165) is 11.1 Å². The van der Waals surface area contributed by atoms with Gasteiger partial charge in [0, 0.05) is 5.69 Å². The van der Waals surface area contributed by atoms with Crippen molar-refractivity contribution in [2.45, 2.75) is 26.7 Å². The third-order valence-electron chi connectivity index (χ3n) is 2.51. The molecule has 1 rings (SSSR count). The van der Waals surface area contributed by atoms with Crippen molar-refractivity contribution in [1.29, 1.82) is 0 Å². The summed E-state index contributed by atoms with van der Waals surface area (Å²) in [5.41, 5.74) is 8.11. The molecular weight excluding hydrogens is 190 g/mol. The van der Waals surface area contributed by atoms with E-state index >= 15 is 0 Å². The Labute approximate surface area is 89.9 Å². The largest absolute Gasteiger partial charge is 0.481 e. The maximum Gasteiger partial charge on any atom is 0.311 e. The molecule has 3 N–H and O–H groups in total. The van der Waals surface area contributed by atoms with E-state index in [4.69, 9.17) is 10.8 Å². The number of rotatable bonds is 3. The Morgan fingerprint density at radius 1 is 1.40 bits per heavy atom. The molecule has 1 aromatic rings. The summed E-state index contributed by atoms with van der Waals surface area (Å²) in [7, 11) is 0. The first-order valence-electron chi connectivity index (χ1n) is 5.02. The van der Waals surface area contributed by atoms with Crippen molar-refractivity contribution in [2.75, 3.05) is 5.73 Å². The fourth-order valence-corrected chi connectivity index (χ4v) is 1.74. The maximum atomic E-state index is 11.1. The lowest BCUT2D eigenvalue weighted by Gasteiger charge is -2.18. The molecule has 15 heavy (non-hydrogen) atoms. The lowest BCUT2D eigenvalue weighted by molar-refractivity contribution is -0.139. The maximum absolute atomic E-state index is 11.1. The zero-order chi connectivity index (χ0) is 11.6. The molecule has 0 bridgehead atoms. The van der Waals surface area contributed by atoms with Crippen molar-refractivity contribution in [3.8, 4) is 0 Å². The van der Waals surface area contributed by atoms with E-state index in [1.54, 1.807) is 6.07 Å².